The Balaban J connectivity index is 1.59. The molecule has 6 heteroatoms. The Hall–Kier alpha value is -2.08. The van der Waals surface area contributed by atoms with Crippen LogP contribution in [0.15, 0.2) is 35.3 Å². The van der Waals surface area contributed by atoms with Gasteiger partial charge in [-0.15, -0.1) is 0 Å². The van der Waals surface area contributed by atoms with E-state index < -0.39 is 0 Å². The minimum absolute atomic E-state index is 0.0217. The molecule has 0 aliphatic carbocycles. The van der Waals surface area contributed by atoms with Gasteiger partial charge in [0.05, 0.1) is 0 Å². The maximum atomic E-state index is 12.0. The van der Waals surface area contributed by atoms with Gasteiger partial charge in [0.1, 0.15) is 6.54 Å². The van der Waals surface area contributed by atoms with Crippen LogP contribution in [0.2, 0.25) is 0 Å². The number of benzene rings is 1. The number of aliphatic imine (C=N–C) groups is 1. The van der Waals surface area contributed by atoms with Crippen molar-refractivity contribution in [2.75, 3.05) is 27.2 Å². The minimum atomic E-state index is 0.0217. The molecule has 2 heterocycles. The average Bonchev–Trinajstić information content (AvgIpc) is 2.92. The van der Waals surface area contributed by atoms with Crippen LogP contribution in [-0.2, 0) is 11.3 Å². The van der Waals surface area contributed by atoms with E-state index in [-0.39, 0.29) is 12.5 Å². The summed E-state index contributed by atoms with van der Waals surface area (Å²) in [6, 6.07) is 12.5. The highest BCUT2D eigenvalue weighted by molar-refractivity contribution is 5.84. The molecule has 0 aromatic heterocycles. The van der Waals surface area contributed by atoms with Crippen LogP contribution in [0.3, 0.4) is 0 Å². The van der Waals surface area contributed by atoms with E-state index in [9.17, 15) is 4.79 Å². The maximum absolute atomic E-state index is 12.0. The molecule has 2 saturated heterocycles. The molecular weight excluding hydrogens is 362 g/mol. The molecule has 3 rings (SSSR count). The lowest BCUT2D eigenvalue weighted by Crippen LogP contribution is -2.52. The van der Waals surface area contributed by atoms with Crippen molar-refractivity contribution in [2.24, 2.45) is 10.9 Å². The van der Waals surface area contributed by atoms with Crippen molar-refractivity contribution in [3.63, 3.8) is 0 Å². The number of likely N-dealkylation sites (N-methyl/N-ethyl adjacent to an activating group) is 1. The van der Waals surface area contributed by atoms with E-state index in [0.717, 1.165) is 31.9 Å². The van der Waals surface area contributed by atoms with E-state index in [4.69, 9.17) is 0 Å². The van der Waals surface area contributed by atoms with Gasteiger partial charge in [0.15, 0.2) is 5.96 Å². The van der Waals surface area contributed by atoms with Crippen molar-refractivity contribution in [2.45, 2.75) is 64.2 Å². The third kappa shape index (κ3) is 6.20. The molecule has 29 heavy (non-hydrogen) atoms. The number of fused-ring (bicyclic) bond motifs is 2. The van der Waals surface area contributed by atoms with E-state index in [0.29, 0.717) is 24.0 Å². The smallest absolute Gasteiger partial charge is 0.243 e. The Morgan fingerprint density at radius 2 is 1.83 bits per heavy atom. The minimum Gasteiger partial charge on any atom is -0.356 e. The molecule has 2 aliphatic heterocycles. The van der Waals surface area contributed by atoms with Gasteiger partial charge >= 0.3 is 0 Å². The normalized spacial score (nSPS) is 24.6. The highest BCUT2D eigenvalue weighted by Crippen LogP contribution is 2.36. The number of piperidine rings is 1. The van der Waals surface area contributed by atoms with Gasteiger partial charge in [-0.25, -0.2) is 4.99 Å². The second-order valence-corrected chi connectivity index (χ2v) is 9.08. The first-order valence-electron chi connectivity index (χ1n) is 11.0. The summed E-state index contributed by atoms with van der Waals surface area (Å²) in [4.78, 5) is 20.8. The number of hydrogen-bond acceptors (Lipinski definition) is 3. The van der Waals surface area contributed by atoms with Gasteiger partial charge in [0, 0.05) is 45.3 Å². The van der Waals surface area contributed by atoms with E-state index in [1.54, 1.807) is 19.0 Å². The van der Waals surface area contributed by atoms with Crippen molar-refractivity contribution >= 4 is 11.9 Å². The molecule has 0 spiro atoms. The molecule has 0 saturated carbocycles. The summed E-state index contributed by atoms with van der Waals surface area (Å²) in [5.74, 6) is 1.32. The number of nitrogens with one attached hydrogen (secondary N) is 2. The second-order valence-electron chi connectivity index (χ2n) is 9.08. The monoisotopic (exact) mass is 399 g/mol. The van der Waals surface area contributed by atoms with Crippen LogP contribution in [0.25, 0.3) is 0 Å². The van der Waals surface area contributed by atoms with Gasteiger partial charge in [-0.2, -0.15) is 0 Å². The molecule has 0 radical (unpaired) electrons. The fourth-order valence-corrected chi connectivity index (χ4v) is 4.38. The molecule has 2 bridgehead atoms. The zero-order valence-electron chi connectivity index (χ0n) is 18.4. The van der Waals surface area contributed by atoms with Crippen molar-refractivity contribution in [1.82, 2.24) is 20.4 Å². The van der Waals surface area contributed by atoms with Gasteiger partial charge in [-0.05, 0) is 37.2 Å². The van der Waals surface area contributed by atoms with Crippen LogP contribution < -0.4 is 10.6 Å². The first-order chi connectivity index (χ1) is 13.9. The summed E-state index contributed by atoms with van der Waals surface area (Å²) >= 11 is 0. The van der Waals surface area contributed by atoms with Crippen molar-refractivity contribution < 1.29 is 4.79 Å². The summed E-state index contributed by atoms with van der Waals surface area (Å²) in [5.41, 5.74) is 1.40. The van der Waals surface area contributed by atoms with Crippen LogP contribution in [-0.4, -0.2) is 67.0 Å². The van der Waals surface area contributed by atoms with E-state index in [1.807, 2.05) is 0 Å². The Labute approximate surface area is 175 Å². The lowest BCUT2D eigenvalue weighted by molar-refractivity contribution is -0.127. The molecule has 1 aromatic rings. The number of carbonyl (C=O) groups is 1. The van der Waals surface area contributed by atoms with Crippen LogP contribution in [0.5, 0.6) is 0 Å². The van der Waals surface area contributed by atoms with Crippen molar-refractivity contribution in [1.29, 1.82) is 0 Å². The Morgan fingerprint density at radius 3 is 2.41 bits per heavy atom. The molecule has 2 fully saturated rings. The molecular formula is C23H37N5O. The fourth-order valence-electron chi connectivity index (χ4n) is 4.38. The van der Waals surface area contributed by atoms with Crippen LogP contribution in [0.1, 0.15) is 45.1 Å². The lowest BCUT2D eigenvalue weighted by atomic mass is 9.96. The van der Waals surface area contributed by atoms with Gasteiger partial charge in [0.25, 0.3) is 0 Å². The predicted octanol–water partition coefficient (Wildman–Crippen LogP) is 2.46. The number of carbonyl (C=O) groups excluding carboxylic acids is 1. The zero-order chi connectivity index (χ0) is 20.8. The summed E-state index contributed by atoms with van der Waals surface area (Å²) in [6.45, 7) is 6.43. The Morgan fingerprint density at radius 1 is 1.17 bits per heavy atom. The highest BCUT2D eigenvalue weighted by Gasteiger charge is 2.40. The van der Waals surface area contributed by atoms with Gasteiger partial charge in [-0.3, -0.25) is 9.69 Å². The summed E-state index contributed by atoms with van der Waals surface area (Å²) < 4.78 is 0. The van der Waals surface area contributed by atoms with Crippen LogP contribution in [0.4, 0.5) is 0 Å². The number of nitrogens with zero attached hydrogens (tertiary/aromatic N) is 3. The maximum Gasteiger partial charge on any atom is 0.243 e. The first-order valence-corrected chi connectivity index (χ1v) is 11.0. The average molecular weight is 400 g/mol. The molecule has 2 atom stereocenters. The van der Waals surface area contributed by atoms with Gasteiger partial charge < -0.3 is 15.5 Å². The number of rotatable bonds is 7. The quantitative estimate of drug-likeness (QED) is 0.546. The summed E-state index contributed by atoms with van der Waals surface area (Å²) in [6.07, 6.45) is 4.82. The summed E-state index contributed by atoms with van der Waals surface area (Å²) in [7, 11) is 3.54. The van der Waals surface area contributed by atoms with E-state index >= 15 is 0 Å². The van der Waals surface area contributed by atoms with E-state index in [2.05, 4.69) is 64.7 Å². The number of hydrogen-bond donors (Lipinski definition) is 2. The molecule has 1 aromatic carbocycles. The summed E-state index contributed by atoms with van der Waals surface area (Å²) in [5, 5.41) is 7.05. The first kappa shape index (κ1) is 21.6. The fraction of sp³-hybridized carbons (Fsp3) is 0.652. The van der Waals surface area contributed by atoms with Crippen molar-refractivity contribution in [3.05, 3.63) is 35.9 Å². The SMILES string of the molecule is CC(C)CNC(=NCC(=O)N(C)C)NC1CC2CCC(C1)N2Cc1ccccc1. The number of amides is 1. The lowest BCUT2D eigenvalue weighted by Gasteiger charge is -2.39. The molecule has 2 aliphatic rings. The third-order valence-electron chi connectivity index (χ3n) is 5.98. The Kier molecular flexibility index (Phi) is 7.53. The highest BCUT2D eigenvalue weighted by atomic mass is 16.2. The third-order valence-corrected chi connectivity index (χ3v) is 5.98. The predicted molar refractivity (Wildman–Crippen MR) is 119 cm³/mol. The van der Waals surface area contributed by atoms with E-state index in [1.165, 1.54) is 18.4 Å². The molecule has 6 nitrogen and oxygen atoms in total. The van der Waals surface area contributed by atoms with Crippen molar-refractivity contribution in [3.8, 4) is 0 Å². The number of guanidine groups is 1. The molecule has 1 amide bonds. The Bertz CT molecular complexity index is 674. The van der Waals surface area contributed by atoms with Gasteiger partial charge in [0.2, 0.25) is 5.91 Å². The zero-order valence-corrected chi connectivity index (χ0v) is 18.4. The van der Waals surface area contributed by atoms with Gasteiger partial charge in [-0.1, -0.05) is 44.2 Å². The van der Waals surface area contributed by atoms with Crippen LogP contribution in [0, 0.1) is 5.92 Å². The topological polar surface area (TPSA) is 60.0 Å². The second kappa shape index (κ2) is 10.1. The van der Waals surface area contributed by atoms with Crippen LogP contribution >= 0.6 is 0 Å². The largest absolute Gasteiger partial charge is 0.356 e. The molecule has 2 N–H and O–H groups in total. The molecule has 2 unspecified atom stereocenters. The standard InChI is InChI=1S/C23H37N5O/c1-17(2)14-24-23(25-15-22(29)27(3)4)26-19-12-20-10-11-21(13-19)28(20)16-18-8-6-5-7-9-18/h5-9,17,19-21H,10-16H2,1-4H3,(H2,24,25,26). The molecule has 160 valence electrons.